The summed E-state index contributed by atoms with van der Waals surface area (Å²) in [4.78, 5) is 0. The molecule has 0 radical (unpaired) electrons. The van der Waals surface area contributed by atoms with Gasteiger partial charge < -0.3 is 5.32 Å². The van der Waals surface area contributed by atoms with Crippen LogP contribution < -0.4 is 5.32 Å². The van der Waals surface area contributed by atoms with Crippen molar-refractivity contribution in [3.8, 4) is 0 Å². The first-order valence-electron chi connectivity index (χ1n) is 4.99. The van der Waals surface area contributed by atoms with E-state index < -0.39 is 0 Å². The maximum Gasteiger partial charge on any atom is 0.127 e. The smallest absolute Gasteiger partial charge is 0.127 e. The topological polar surface area (TPSA) is 12.0 Å². The molecule has 1 rings (SSSR count). The van der Waals surface area contributed by atoms with E-state index in [0.29, 0.717) is 12.1 Å². The summed E-state index contributed by atoms with van der Waals surface area (Å²) in [6.45, 7) is 5.11. The van der Waals surface area contributed by atoms with Gasteiger partial charge in [0.1, 0.15) is 5.82 Å². The minimum absolute atomic E-state index is 0.158. The van der Waals surface area contributed by atoms with Crippen LogP contribution in [0.15, 0.2) is 35.3 Å². The monoisotopic (exact) mass is 271 g/mol. The molecule has 0 aromatic heterocycles. The van der Waals surface area contributed by atoms with E-state index >= 15 is 0 Å². The van der Waals surface area contributed by atoms with Crippen molar-refractivity contribution in [3.63, 3.8) is 0 Å². The van der Waals surface area contributed by atoms with Gasteiger partial charge in [0.2, 0.25) is 0 Å². The Hall–Kier alpha value is -0.670. The van der Waals surface area contributed by atoms with Crippen LogP contribution in [0.25, 0.3) is 0 Å². The molecule has 0 saturated heterocycles. The molecule has 1 aromatic rings. The van der Waals surface area contributed by atoms with Crippen molar-refractivity contribution in [1.82, 2.24) is 5.32 Å². The van der Waals surface area contributed by atoms with Gasteiger partial charge in [-0.2, -0.15) is 0 Å². The molecule has 0 aliphatic carbocycles. The van der Waals surface area contributed by atoms with Crippen LogP contribution >= 0.6 is 15.9 Å². The molecular weight excluding hydrogens is 257 g/mol. The van der Waals surface area contributed by atoms with Gasteiger partial charge in [0.05, 0.1) is 0 Å². The van der Waals surface area contributed by atoms with Gasteiger partial charge in [-0.05, 0) is 37.6 Å². The van der Waals surface area contributed by atoms with Crippen molar-refractivity contribution >= 4 is 15.9 Å². The van der Waals surface area contributed by atoms with Crippen LogP contribution in [0, 0.1) is 5.82 Å². The fourth-order valence-electron chi connectivity index (χ4n) is 1.27. The third kappa shape index (κ3) is 4.58. The molecule has 1 N–H and O–H groups in total. The van der Waals surface area contributed by atoms with Crippen LogP contribution in [0.2, 0.25) is 0 Å². The van der Waals surface area contributed by atoms with Crippen LogP contribution in [-0.4, -0.2) is 6.54 Å². The zero-order chi connectivity index (χ0) is 11.1. The molecule has 15 heavy (non-hydrogen) atoms. The Balaban J connectivity index is 2.36. The number of rotatable bonds is 6. The molecule has 0 bridgehead atoms. The molecular formula is C12H15BrFN. The Kier molecular flexibility index (Phi) is 5.58. The zero-order valence-electron chi connectivity index (χ0n) is 8.60. The average molecular weight is 272 g/mol. The predicted octanol–water partition coefficient (Wildman–Crippen LogP) is 3.64. The van der Waals surface area contributed by atoms with Crippen LogP contribution in [0.4, 0.5) is 4.39 Å². The summed E-state index contributed by atoms with van der Waals surface area (Å²) in [5.41, 5.74) is 0.697. The number of unbranched alkanes of at least 4 members (excludes halogenated alkanes) is 1. The number of hydrogen-bond acceptors (Lipinski definition) is 1. The van der Waals surface area contributed by atoms with Crippen molar-refractivity contribution in [1.29, 1.82) is 0 Å². The maximum atomic E-state index is 13.3. The first-order chi connectivity index (χ1) is 7.24. The van der Waals surface area contributed by atoms with E-state index in [9.17, 15) is 4.39 Å². The molecule has 0 aliphatic heterocycles. The van der Waals surface area contributed by atoms with Crippen molar-refractivity contribution in [2.24, 2.45) is 0 Å². The highest BCUT2D eigenvalue weighted by molar-refractivity contribution is 9.10. The first-order valence-corrected chi connectivity index (χ1v) is 5.79. The third-order valence-corrected chi connectivity index (χ3v) is 2.58. The van der Waals surface area contributed by atoms with E-state index in [2.05, 4.69) is 27.8 Å². The first kappa shape index (κ1) is 12.4. The van der Waals surface area contributed by atoms with Gasteiger partial charge in [0.25, 0.3) is 0 Å². The Morgan fingerprint density at radius 2 is 2.27 bits per heavy atom. The minimum atomic E-state index is -0.158. The Bertz CT molecular complexity index is 325. The lowest BCUT2D eigenvalue weighted by Crippen LogP contribution is -2.15. The van der Waals surface area contributed by atoms with E-state index in [1.807, 2.05) is 6.08 Å². The average Bonchev–Trinajstić information content (AvgIpc) is 2.23. The molecule has 1 nitrogen and oxygen atoms in total. The van der Waals surface area contributed by atoms with Crippen molar-refractivity contribution in [3.05, 3.63) is 46.7 Å². The number of allylic oxidation sites excluding steroid dienone is 1. The zero-order valence-corrected chi connectivity index (χ0v) is 10.2. The van der Waals surface area contributed by atoms with Crippen LogP contribution in [0.3, 0.4) is 0 Å². The Labute approximate surface area is 98.5 Å². The van der Waals surface area contributed by atoms with Gasteiger partial charge in [-0.15, -0.1) is 6.58 Å². The second-order valence-corrected chi connectivity index (χ2v) is 4.26. The SMILES string of the molecule is C=CCCCNCc1cc(Br)ccc1F. The van der Waals surface area contributed by atoms with Crippen molar-refractivity contribution in [2.75, 3.05) is 6.54 Å². The predicted molar refractivity (Wildman–Crippen MR) is 65.2 cm³/mol. The van der Waals surface area contributed by atoms with E-state index in [-0.39, 0.29) is 5.82 Å². The molecule has 0 atom stereocenters. The minimum Gasteiger partial charge on any atom is -0.313 e. The largest absolute Gasteiger partial charge is 0.313 e. The quantitative estimate of drug-likeness (QED) is 0.615. The fraction of sp³-hybridized carbons (Fsp3) is 0.333. The summed E-state index contributed by atoms with van der Waals surface area (Å²) in [5, 5.41) is 3.20. The van der Waals surface area contributed by atoms with E-state index in [1.54, 1.807) is 12.1 Å². The van der Waals surface area contributed by atoms with Gasteiger partial charge >= 0.3 is 0 Å². The second-order valence-electron chi connectivity index (χ2n) is 3.34. The molecule has 0 amide bonds. The van der Waals surface area contributed by atoms with E-state index in [1.165, 1.54) is 6.07 Å². The molecule has 82 valence electrons. The maximum absolute atomic E-state index is 13.3. The molecule has 0 unspecified atom stereocenters. The van der Waals surface area contributed by atoms with Gasteiger partial charge in [-0.1, -0.05) is 22.0 Å². The van der Waals surface area contributed by atoms with Crippen molar-refractivity contribution < 1.29 is 4.39 Å². The molecule has 0 heterocycles. The summed E-state index contributed by atoms with van der Waals surface area (Å²) in [6, 6.07) is 4.98. The van der Waals surface area contributed by atoms with Gasteiger partial charge in [-0.25, -0.2) is 4.39 Å². The van der Waals surface area contributed by atoms with Crippen LogP contribution in [0.1, 0.15) is 18.4 Å². The number of benzene rings is 1. The van der Waals surface area contributed by atoms with E-state index in [0.717, 1.165) is 23.9 Å². The highest BCUT2D eigenvalue weighted by Gasteiger charge is 2.01. The number of nitrogens with one attached hydrogen (secondary N) is 1. The lowest BCUT2D eigenvalue weighted by atomic mass is 10.2. The fourth-order valence-corrected chi connectivity index (χ4v) is 1.68. The molecule has 1 aromatic carbocycles. The van der Waals surface area contributed by atoms with Gasteiger partial charge in [0, 0.05) is 16.6 Å². The van der Waals surface area contributed by atoms with E-state index in [4.69, 9.17) is 0 Å². The van der Waals surface area contributed by atoms with Crippen LogP contribution in [-0.2, 0) is 6.54 Å². The summed E-state index contributed by atoms with van der Waals surface area (Å²) < 4.78 is 14.2. The summed E-state index contributed by atoms with van der Waals surface area (Å²) in [7, 11) is 0. The highest BCUT2D eigenvalue weighted by Crippen LogP contribution is 2.15. The molecule has 0 spiro atoms. The Morgan fingerprint density at radius 3 is 3.00 bits per heavy atom. The lowest BCUT2D eigenvalue weighted by Gasteiger charge is -2.05. The van der Waals surface area contributed by atoms with Gasteiger partial charge in [-0.3, -0.25) is 0 Å². The summed E-state index contributed by atoms with van der Waals surface area (Å²) in [6.07, 6.45) is 3.93. The van der Waals surface area contributed by atoms with Crippen molar-refractivity contribution in [2.45, 2.75) is 19.4 Å². The number of halogens is 2. The standard InChI is InChI=1S/C12H15BrFN/c1-2-3-4-7-15-9-10-8-11(13)5-6-12(10)14/h2,5-6,8,15H,1,3-4,7,9H2. The molecule has 0 fully saturated rings. The second kappa shape index (κ2) is 6.75. The molecule has 0 aliphatic rings. The molecule has 0 saturated carbocycles. The van der Waals surface area contributed by atoms with Crippen LogP contribution in [0.5, 0.6) is 0 Å². The lowest BCUT2D eigenvalue weighted by molar-refractivity contribution is 0.582. The Morgan fingerprint density at radius 1 is 1.47 bits per heavy atom. The normalized spacial score (nSPS) is 10.3. The number of hydrogen-bond donors (Lipinski definition) is 1. The summed E-state index contributed by atoms with van der Waals surface area (Å²) in [5.74, 6) is -0.158. The molecule has 3 heteroatoms. The highest BCUT2D eigenvalue weighted by atomic mass is 79.9. The van der Waals surface area contributed by atoms with Gasteiger partial charge in [0.15, 0.2) is 0 Å². The third-order valence-electron chi connectivity index (χ3n) is 2.09. The summed E-state index contributed by atoms with van der Waals surface area (Å²) >= 11 is 3.32.